The van der Waals surface area contributed by atoms with E-state index in [9.17, 15) is 14.0 Å². The first-order valence-electron chi connectivity index (χ1n) is 8.35. The fraction of sp³-hybridized carbons (Fsp3) is 0.300. The molecule has 0 aliphatic heterocycles. The predicted molar refractivity (Wildman–Crippen MR) is 95.4 cm³/mol. The highest BCUT2D eigenvalue weighted by atomic mass is 19.1. The van der Waals surface area contributed by atoms with Gasteiger partial charge in [-0.1, -0.05) is 24.3 Å². The summed E-state index contributed by atoms with van der Waals surface area (Å²) in [5.74, 6) is -1.04. The number of nitrogens with one attached hydrogen (secondary N) is 1. The van der Waals surface area contributed by atoms with Crippen LogP contribution in [0.4, 0.5) is 4.39 Å². The van der Waals surface area contributed by atoms with Crippen LogP contribution >= 0.6 is 0 Å². The van der Waals surface area contributed by atoms with Gasteiger partial charge in [-0.25, -0.2) is 4.39 Å². The molecular weight excluding hydrogens is 337 g/mol. The molecule has 0 saturated heterocycles. The maximum absolute atomic E-state index is 12.9. The second-order valence-corrected chi connectivity index (χ2v) is 6.26. The number of halogens is 1. The van der Waals surface area contributed by atoms with Gasteiger partial charge in [-0.2, -0.15) is 0 Å². The van der Waals surface area contributed by atoms with Crippen molar-refractivity contribution in [2.24, 2.45) is 0 Å². The van der Waals surface area contributed by atoms with Gasteiger partial charge < -0.3 is 15.2 Å². The van der Waals surface area contributed by atoms with Crippen LogP contribution < -0.4 is 10.1 Å². The molecule has 5 nitrogen and oxygen atoms in total. The Labute approximate surface area is 151 Å². The normalized spacial score (nSPS) is 11.8. The van der Waals surface area contributed by atoms with Crippen LogP contribution in [0.2, 0.25) is 0 Å². The Balaban J connectivity index is 2.07. The van der Waals surface area contributed by atoms with E-state index in [1.54, 1.807) is 24.3 Å². The van der Waals surface area contributed by atoms with Gasteiger partial charge in [0.25, 0.3) is 0 Å². The average Bonchev–Trinajstić information content (AvgIpc) is 2.56. The molecule has 0 heterocycles. The minimum Gasteiger partial charge on any atom is -0.491 e. The Kier molecular flexibility index (Phi) is 6.72. The second-order valence-electron chi connectivity index (χ2n) is 6.26. The summed E-state index contributed by atoms with van der Waals surface area (Å²) in [6, 6.07) is 11.9. The zero-order valence-electron chi connectivity index (χ0n) is 14.7. The molecule has 1 atom stereocenters. The van der Waals surface area contributed by atoms with Gasteiger partial charge in [0.1, 0.15) is 11.6 Å². The van der Waals surface area contributed by atoms with Crippen LogP contribution in [0, 0.1) is 5.82 Å². The maximum atomic E-state index is 12.9. The number of carboxylic acid groups (broad SMARTS) is 1. The van der Waals surface area contributed by atoms with E-state index < -0.39 is 12.0 Å². The smallest absolute Gasteiger partial charge is 0.305 e. The highest BCUT2D eigenvalue weighted by Crippen LogP contribution is 2.21. The summed E-state index contributed by atoms with van der Waals surface area (Å²) >= 11 is 0. The van der Waals surface area contributed by atoms with Crippen molar-refractivity contribution in [3.05, 3.63) is 65.5 Å². The average molecular weight is 359 g/mol. The van der Waals surface area contributed by atoms with Crippen molar-refractivity contribution in [1.29, 1.82) is 0 Å². The number of rotatable bonds is 8. The lowest BCUT2D eigenvalue weighted by molar-refractivity contribution is -0.137. The Morgan fingerprint density at radius 1 is 1.08 bits per heavy atom. The Hall–Kier alpha value is -2.89. The van der Waals surface area contributed by atoms with Crippen molar-refractivity contribution in [3.8, 4) is 5.75 Å². The van der Waals surface area contributed by atoms with E-state index in [1.807, 2.05) is 13.8 Å². The van der Waals surface area contributed by atoms with E-state index in [4.69, 9.17) is 9.84 Å². The Morgan fingerprint density at radius 3 is 2.23 bits per heavy atom. The number of benzene rings is 2. The molecule has 1 unspecified atom stereocenters. The molecular formula is C20H22FNO4. The fourth-order valence-electron chi connectivity index (χ4n) is 2.51. The molecule has 0 spiro atoms. The number of aliphatic carboxylic acids is 1. The maximum Gasteiger partial charge on any atom is 0.305 e. The van der Waals surface area contributed by atoms with Crippen LogP contribution in [0.25, 0.3) is 0 Å². The number of hydrogen-bond donors (Lipinski definition) is 2. The molecule has 0 aliphatic carbocycles. The first-order valence-corrected chi connectivity index (χ1v) is 8.35. The van der Waals surface area contributed by atoms with Crippen molar-refractivity contribution in [3.63, 3.8) is 0 Å². The van der Waals surface area contributed by atoms with Gasteiger partial charge in [0.05, 0.1) is 25.0 Å². The van der Waals surface area contributed by atoms with Crippen molar-refractivity contribution in [2.45, 2.75) is 38.8 Å². The third-order valence-corrected chi connectivity index (χ3v) is 3.65. The molecule has 1 amide bonds. The van der Waals surface area contributed by atoms with Gasteiger partial charge in [-0.05, 0) is 49.2 Å². The number of hydrogen-bond acceptors (Lipinski definition) is 3. The van der Waals surface area contributed by atoms with Crippen LogP contribution in [0.3, 0.4) is 0 Å². The molecule has 2 aromatic carbocycles. The SMILES string of the molecule is CC(C)Oc1ccc(C(CC(=O)O)NC(=O)Cc2ccc(F)cc2)cc1. The predicted octanol–water partition coefficient (Wildman–Crippen LogP) is 3.49. The number of carboxylic acids is 1. The Morgan fingerprint density at radius 2 is 1.69 bits per heavy atom. The van der Waals surface area contributed by atoms with Gasteiger partial charge in [0.15, 0.2) is 0 Å². The van der Waals surface area contributed by atoms with Crippen LogP contribution in [0.15, 0.2) is 48.5 Å². The van der Waals surface area contributed by atoms with E-state index in [0.29, 0.717) is 16.9 Å². The van der Waals surface area contributed by atoms with Gasteiger partial charge in [0, 0.05) is 0 Å². The van der Waals surface area contributed by atoms with Crippen LogP contribution in [-0.2, 0) is 16.0 Å². The second kappa shape index (κ2) is 8.99. The zero-order chi connectivity index (χ0) is 19.1. The summed E-state index contributed by atoms with van der Waals surface area (Å²) in [5, 5.41) is 11.9. The molecule has 2 aromatic rings. The molecule has 0 radical (unpaired) electrons. The van der Waals surface area contributed by atoms with E-state index >= 15 is 0 Å². The number of amides is 1. The monoisotopic (exact) mass is 359 g/mol. The van der Waals surface area contributed by atoms with Crippen LogP contribution in [0.1, 0.15) is 37.4 Å². The topological polar surface area (TPSA) is 75.6 Å². The lowest BCUT2D eigenvalue weighted by atomic mass is 10.0. The molecule has 0 aromatic heterocycles. The lowest BCUT2D eigenvalue weighted by Gasteiger charge is -2.18. The van der Waals surface area contributed by atoms with Gasteiger partial charge in [0.2, 0.25) is 5.91 Å². The largest absolute Gasteiger partial charge is 0.491 e. The van der Waals surface area contributed by atoms with E-state index in [1.165, 1.54) is 24.3 Å². The third-order valence-electron chi connectivity index (χ3n) is 3.65. The van der Waals surface area contributed by atoms with Crippen molar-refractivity contribution < 1.29 is 23.8 Å². The minimum atomic E-state index is -1.01. The van der Waals surface area contributed by atoms with E-state index in [0.717, 1.165) is 0 Å². The quantitative estimate of drug-likeness (QED) is 0.757. The first-order chi connectivity index (χ1) is 12.3. The van der Waals surface area contributed by atoms with Crippen LogP contribution in [-0.4, -0.2) is 23.1 Å². The van der Waals surface area contributed by atoms with Gasteiger partial charge in [-0.3, -0.25) is 9.59 Å². The number of carbonyl (C=O) groups is 2. The summed E-state index contributed by atoms with van der Waals surface area (Å²) in [4.78, 5) is 23.4. The standard InChI is InChI=1S/C20H22FNO4/c1-13(2)26-17-9-5-15(6-10-17)18(12-20(24)25)22-19(23)11-14-3-7-16(21)8-4-14/h3-10,13,18H,11-12H2,1-2H3,(H,22,23)(H,24,25). The third kappa shape index (κ3) is 6.20. The summed E-state index contributed by atoms with van der Waals surface area (Å²) in [6.07, 6.45) is -0.157. The summed E-state index contributed by atoms with van der Waals surface area (Å²) in [6.45, 7) is 3.83. The highest BCUT2D eigenvalue weighted by molar-refractivity contribution is 5.80. The number of carbonyl (C=O) groups excluding carboxylic acids is 1. The van der Waals surface area contributed by atoms with Gasteiger partial charge in [-0.15, -0.1) is 0 Å². The summed E-state index contributed by atoms with van der Waals surface area (Å²) in [5.41, 5.74) is 1.33. The lowest BCUT2D eigenvalue weighted by Crippen LogP contribution is -2.31. The first kappa shape index (κ1) is 19.4. The molecule has 138 valence electrons. The van der Waals surface area contributed by atoms with E-state index in [-0.39, 0.29) is 30.7 Å². The molecule has 26 heavy (non-hydrogen) atoms. The Bertz CT molecular complexity index is 741. The van der Waals surface area contributed by atoms with E-state index in [2.05, 4.69) is 5.32 Å². The molecule has 0 aliphatic rings. The fourth-order valence-corrected chi connectivity index (χ4v) is 2.51. The molecule has 0 fully saturated rings. The zero-order valence-corrected chi connectivity index (χ0v) is 14.7. The molecule has 0 saturated carbocycles. The molecule has 2 N–H and O–H groups in total. The molecule has 6 heteroatoms. The summed E-state index contributed by atoms with van der Waals surface area (Å²) < 4.78 is 18.5. The van der Waals surface area contributed by atoms with Crippen LogP contribution in [0.5, 0.6) is 5.75 Å². The molecule has 0 bridgehead atoms. The number of ether oxygens (including phenoxy) is 1. The van der Waals surface area contributed by atoms with Crippen molar-refractivity contribution >= 4 is 11.9 Å². The highest BCUT2D eigenvalue weighted by Gasteiger charge is 2.18. The minimum absolute atomic E-state index is 0.0334. The summed E-state index contributed by atoms with van der Waals surface area (Å²) in [7, 11) is 0. The van der Waals surface area contributed by atoms with Gasteiger partial charge >= 0.3 is 5.97 Å². The van der Waals surface area contributed by atoms with Crippen molar-refractivity contribution in [1.82, 2.24) is 5.32 Å². The van der Waals surface area contributed by atoms with Crippen molar-refractivity contribution in [2.75, 3.05) is 0 Å². The molecule has 2 rings (SSSR count).